The molecule has 4 nitrogen and oxygen atoms in total. The first-order valence-corrected chi connectivity index (χ1v) is 6.04. The first-order valence-electron chi connectivity index (χ1n) is 6.04. The summed E-state index contributed by atoms with van der Waals surface area (Å²) in [5.41, 5.74) is 1.03. The van der Waals surface area contributed by atoms with Crippen molar-refractivity contribution in [3.8, 4) is 0 Å². The highest BCUT2D eigenvalue weighted by molar-refractivity contribution is 5.04. The fourth-order valence-corrected chi connectivity index (χ4v) is 2.52. The number of aromatic nitrogens is 1. The Bertz CT molecular complexity index is 337. The van der Waals surface area contributed by atoms with Gasteiger partial charge in [-0.25, -0.2) is 0 Å². The summed E-state index contributed by atoms with van der Waals surface area (Å²) in [7, 11) is 2.17. The van der Waals surface area contributed by atoms with Crippen molar-refractivity contribution >= 4 is 0 Å². The Morgan fingerprint density at radius 2 is 2.38 bits per heavy atom. The van der Waals surface area contributed by atoms with Crippen LogP contribution >= 0.6 is 0 Å². The first-order chi connectivity index (χ1) is 7.70. The average Bonchev–Trinajstić information content (AvgIpc) is 2.86. The second kappa shape index (κ2) is 4.97. The van der Waals surface area contributed by atoms with E-state index >= 15 is 0 Å². The topological polar surface area (TPSA) is 41.3 Å². The van der Waals surface area contributed by atoms with Gasteiger partial charge in [0.1, 0.15) is 5.76 Å². The molecule has 90 valence electrons. The molecule has 2 heterocycles. The standard InChI is InChI=1S/C12H21N3O/c1-4-10-6-13-7-12(10)15(3)8-11-5-9(2)16-14-11/h5,10,12-13H,4,6-8H2,1-3H3. The Labute approximate surface area is 97.0 Å². The zero-order valence-electron chi connectivity index (χ0n) is 10.4. The van der Waals surface area contributed by atoms with E-state index in [4.69, 9.17) is 4.52 Å². The molecule has 16 heavy (non-hydrogen) atoms. The molecule has 1 fully saturated rings. The Kier molecular flexibility index (Phi) is 3.61. The Morgan fingerprint density at radius 1 is 1.56 bits per heavy atom. The minimum Gasteiger partial charge on any atom is -0.361 e. The molecular formula is C12H21N3O. The highest BCUT2D eigenvalue weighted by Crippen LogP contribution is 2.19. The van der Waals surface area contributed by atoms with Gasteiger partial charge in [0.15, 0.2) is 0 Å². The van der Waals surface area contributed by atoms with E-state index in [1.165, 1.54) is 6.42 Å². The number of rotatable bonds is 4. The summed E-state index contributed by atoms with van der Waals surface area (Å²) in [5, 5.41) is 7.50. The first kappa shape index (κ1) is 11.6. The van der Waals surface area contributed by atoms with Crippen LogP contribution in [0.4, 0.5) is 0 Å². The molecule has 0 aliphatic carbocycles. The Balaban J connectivity index is 1.94. The number of likely N-dealkylation sites (N-methyl/N-ethyl adjacent to an activating group) is 1. The maximum atomic E-state index is 5.09. The quantitative estimate of drug-likeness (QED) is 0.838. The molecule has 0 saturated carbocycles. The van der Waals surface area contributed by atoms with Gasteiger partial charge in [-0.05, 0) is 26.4 Å². The Hall–Kier alpha value is -0.870. The molecule has 1 aromatic heterocycles. The predicted molar refractivity (Wildman–Crippen MR) is 63.1 cm³/mol. The largest absolute Gasteiger partial charge is 0.361 e. The van der Waals surface area contributed by atoms with Crippen LogP contribution in [0.3, 0.4) is 0 Å². The van der Waals surface area contributed by atoms with E-state index in [-0.39, 0.29) is 0 Å². The van der Waals surface area contributed by atoms with Crippen molar-refractivity contribution in [1.29, 1.82) is 0 Å². The van der Waals surface area contributed by atoms with Gasteiger partial charge in [0.25, 0.3) is 0 Å². The summed E-state index contributed by atoms with van der Waals surface area (Å²) in [6.45, 7) is 7.30. The van der Waals surface area contributed by atoms with E-state index in [9.17, 15) is 0 Å². The van der Waals surface area contributed by atoms with E-state index in [1.54, 1.807) is 0 Å². The van der Waals surface area contributed by atoms with Crippen molar-refractivity contribution in [3.63, 3.8) is 0 Å². The van der Waals surface area contributed by atoms with Gasteiger partial charge in [-0.15, -0.1) is 0 Å². The number of hydrogen-bond acceptors (Lipinski definition) is 4. The molecule has 1 saturated heterocycles. The molecule has 0 bridgehead atoms. The van der Waals surface area contributed by atoms with Crippen LogP contribution in [0.25, 0.3) is 0 Å². The maximum Gasteiger partial charge on any atom is 0.133 e. The fraction of sp³-hybridized carbons (Fsp3) is 0.750. The molecule has 2 rings (SSSR count). The monoisotopic (exact) mass is 223 g/mol. The summed E-state index contributed by atoms with van der Waals surface area (Å²) < 4.78 is 5.09. The maximum absolute atomic E-state index is 5.09. The smallest absolute Gasteiger partial charge is 0.133 e. The third kappa shape index (κ3) is 2.44. The minimum atomic E-state index is 0.627. The van der Waals surface area contributed by atoms with E-state index in [0.29, 0.717) is 6.04 Å². The van der Waals surface area contributed by atoms with Gasteiger partial charge in [-0.2, -0.15) is 0 Å². The van der Waals surface area contributed by atoms with Gasteiger partial charge in [0.05, 0.1) is 5.69 Å². The van der Waals surface area contributed by atoms with E-state index in [1.807, 2.05) is 13.0 Å². The highest BCUT2D eigenvalue weighted by atomic mass is 16.5. The normalized spacial score (nSPS) is 25.5. The van der Waals surface area contributed by atoms with Crippen LogP contribution in [0.2, 0.25) is 0 Å². The molecule has 0 spiro atoms. The molecule has 1 aliphatic heterocycles. The SMILES string of the molecule is CCC1CNCC1N(C)Cc1cc(C)on1. The molecule has 0 amide bonds. The van der Waals surface area contributed by atoms with Gasteiger partial charge in [0.2, 0.25) is 0 Å². The number of nitrogens with one attached hydrogen (secondary N) is 1. The lowest BCUT2D eigenvalue weighted by Crippen LogP contribution is -2.37. The molecule has 0 aromatic carbocycles. The zero-order valence-corrected chi connectivity index (χ0v) is 10.4. The summed E-state index contributed by atoms with van der Waals surface area (Å²) in [6.07, 6.45) is 1.24. The van der Waals surface area contributed by atoms with E-state index in [0.717, 1.165) is 37.0 Å². The zero-order chi connectivity index (χ0) is 11.5. The molecule has 2 unspecified atom stereocenters. The van der Waals surface area contributed by atoms with Crippen molar-refractivity contribution in [3.05, 3.63) is 17.5 Å². The molecule has 2 atom stereocenters. The molecule has 0 radical (unpaired) electrons. The predicted octanol–water partition coefficient (Wildman–Crippen LogP) is 1.41. The number of nitrogens with zero attached hydrogens (tertiary/aromatic N) is 2. The summed E-state index contributed by atoms with van der Waals surface area (Å²) >= 11 is 0. The van der Waals surface area contributed by atoms with Crippen molar-refractivity contribution in [2.45, 2.75) is 32.9 Å². The molecule has 1 aliphatic rings. The van der Waals surface area contributed by atoms with E-state index in [2.05, 4.69) is 29.3 Å². The Morgan fingerprint density at radius 3 is 3.00 bits per heavy atom. The van der Waals surface area contributed by atoms with Crippen LogP contribution in [-0.2, 0) is 6.54 Å². The van der Waals surface area contributed by atoms with Gasteiger partial charge in [-0.1, -0.05) is 18.5 Å². The van der Waals surface area contributed by atoms with Gasteiger partial charge in [0, 0.05) is 25.2 Å². The van der Waals surface area contributed by atoms with E-state index < -0.39 is 0 Å². The second-order valence-electron chi connectivity index (χ2n) is 4.74. The summed E-state index contributed by atoms with van der Waals surface area (Å²) in [4.78, 5) is 2.38. The molecule has 4 heteroatoms. The van der Waals surface area contributed by atoms with Crippen molar-refractivity contribution in [2.75, 3.05) is 20.1 Å². The number of hydrogen-bond donors (Lipinski definition) is 1. The van der Waals surface area contributed by atoms with Crippen molar-refractivity contribution in [2.24, 2.45) is 5.92 Å². The van der Waals surface area contributed by atoms with Crippen LogP contribution in [0, 0.1) is 12.8 Å². The lowest BCUT2D eigenvalue weighted by Gasteiger charge is -2.27. The summed E-state index contributed by atoms with van der Waals surface area (Å²) in [6, 6.07) is 2.64. The lowest BCUT2D eigenvalue weighted by molar-refractivity contribution is 0.196. The van der Waals surface area contributed by atoms with Gasteiger partial charge in [-0.3, -0.25) is 4.90 Å². The molecule has 1 N–H and O–H groups in total. The van der Waals surface area contributed by atoms with Crippen LogP contribution in [0.1, 0.15) is 24.8 Å². The number of aryl methyl sites for hydroxylation is 1. The highest BCUT2D eigenvalue weighted by Gasteiger charge is 2.28. The van der Waals surface area contributed by atoms with Crippen molar-refractivity contribution < 1.29 is 4.52 Å². The third-order valence-electron chi connectivity index (χ3n) is 3.48. The fourth-order valence-electron chi connectivity index (χ4n) is 2.52. The average molecular weight is 223 g/mol. The second-order valence-corrected chi connectivity index (χ2v) is 4.74. The lowest BCUT2D eigenvalue weighted by atomic mass is 9.99. The van der Waals surface area contributed by atoms with Crippen LogP contribution in [0.15, 0.2) is 10.6 Å². The van der Waals surface area contributed by atoms with Crippen LogP contribution in [-0.4, -0.2) is 36.2 Å². The van der Waals surface area contributed by atoms with Crippen LogP contribution in [0.5, 0.6) is 0 Å². The van der Waals surface area contributed by atoms with Gasteiger partial charge >= 0.3 is 0 Å². The van der Waals surface area contributed by atoms with Crippen LogP contribution < -0.4 is 5.32 Å². The summed E-state index contributed by atoms with van der Waals surface area (Å²) in [5.74, 6) is 1.65. The molecular weight excluding hydrogens is 202 g/mol. The van der Waals surface area contributed by atoms with Crippen molar-refractivity contribution in [1.82, 2.24) is 15.4 Å². The minimum absolute atomic E-state index is 0.627. The molecule has 1 aromatic rings. The van der Waals surface area contributed by atoms with Gasteiger partial charge < -0.3 is 9.84 Å². The third-order valence-corrected chi connectivity index (χ3v) is 3.48.